The standard InChI is InChI=1S/C15H22N2O/c1-15(2,3)17-14(18)9-11-5-4-6-12-10-16-8-7-13(11)12/h4-6,16H,7-10H2,1-3H3,(H,17,18). The van der Waals surface area contributed by atoms with Gasteiger partial charge in [0.15, 0.2) is 0 Å². The molecule has 0 atom stereocenters. The van der Waals surface area contributed by atoms with Crippen molar-refractivity contribution in [2.45, 2.75) is 45.7 Å². The van der Waals surface area contributed by atoms with Crippen molar-refractivity contribution in [3.8, 4) is 0 Å². The molecule has 0 spiro atoms. The Morgan fingerprint density at radius 2 is 2.17 bits per heavy atom. The SMILES string of the molecule is CC(C)(C)NC(=O)Cc1cccc2c1CCNC2. The van der Waals surface area contributed by atoms with E-state index in [1.807, 2.05) is 26.8 Å². The second-order valence-corrected chi connectivity index (χ2v) is 5.96. The van der Waals surface area contributed by atoms with E-state index < -0.39 is 0 Å². The zero-order valence-corrected chi connectivity index (χ0v) is 11.5. The van der Waals surface area contributed by atoms with E-state index in [0.717, 1.165) is 19.5 Å². The van der Waals surface area contributed by atoms with E-state index in [-0.39, 0.29) is 11.4 Å². The van der Waals surface area contributed by atoms with Crippen LogP contribution in [-0.2, 0) is 24.2 Å². The van der Waals surface area contributed by atoms with Gasteiger partial charge in [-0.15, -0.1) is 0 Å². The van der Waals surface area contributed by atoms with Gasteiger partial charge >= 0.3 is 0 Å². The minimum atomic E-state index is -0.159. The maximum absolute atomic E-state index is 12.0. The normalized spacial score (nSPS) is 15.1. The van der Waals surface area contributed by atoms with Crippen molar-refractivity contribution in [1.29, 1.82) is 0 Å². The fourth-order valence-electron chi connectivity index (χ4n) is 2.41. The summed E-state index contributed by atoms with van der Waals surface area (Å²) >= 11 is 0. The molecule has 1 amide bonds. The second kappa shape index (κ2) is 5.11. The highest BCUT2D eigenvalue weighted by atomic mass is 16.1. The average molecular weight is 246 g/mol. The second-order valence-electron chi connectivity index (χ2n) is 5.96. The lowest BCUT2D eigenvalue weighted by atomic mass is 9.93. The van der Waals surface area contributed by atoms with Crippen LogP contribution in [0.4, 0.5) is 0 Å². The van der Waals surface area contributed by atoms with Gasteiger partial charge in [-0.3, -0.25) is 4.79 Å². The largest absolute Gasteiger partial charge is 0.351 e. The van der Waals surface area contributed by atoms with Crippen LogP contribution in [0.1, 0.15) is 37.5 Å². The minimum Gasteiger partial charge on any atom is -0.351 e. The van der Waals surface area contributed by atoms with Gasteiger partial charge in [-0.05, 0) is 50.4 Å². The summed E-state index contributed by atoms with van der Waals surface area (Å²) in [6.07, 6.45) is 1.51. The van der Waals surface area contributed by atoms with E-state index in [1.165, 1.54) is 16.7 Å². The smallest absolute Gasteiger partial charge is 0.224 e. The quantitative estimate of drug-likeness (QED) is 0.835. The van der Waals surface area contributed by atoms with Crippen molar-refractivity contribution in [2.75, 3.05) is 6.54 Å². The predicted molar refractivity (Wildman–Crippen MR) is 73.5 cm³/mol. The molecule has 0 radical (unpaired) electrons. The first-order chi connectivity index (χ1) is 8.46. The number of carbonyl (C=O) groups is 1. The molecule has 0 aromatic heterocycles. The van der Waals surface area contributed by atoms with E-state index in [4.69, 9.17) is 0 Å². The van der Waals surface area contributed by atoms with Crippen molar-refractivity contribution in [2.24, 2.45) is 0 Å². The van der Waals surface area contributed by atoms with E-state index >= 15 is 0 Å². The predicted octanol–water partition coefficient (Wildman–Crippen LogP) is 1.79. The molecule has 0 saturated heterocycles. The Morgan fingerprint density at radius 1 is 1.39 bits per heavy atom. The number of fused-ring (bicyclic) bond motifs is 1. The van der Waals surface area contributed by atoms with Crippen molar-refractivity contribution in [3.63, 3.8) is 0 Å². The Bertz CT molecular complexity index is 446. The highest BCUT2D eigenvalue weighted by molar-refractivity contribution is 5.79. The van der Waals surface area contributed by atoms with Gasteiger partial charge in [0.05, 0.1) is 6.42 Å². The first kappa shape index (κ1) is 13.1. The third kappa shape index (κ3) is 3.33. The van der Waals surface area contributed by atoms with Gasteiger partial charge in [-0.1, -0.05) is 18.2 Å². The third-order valence-electron chi connectivity index (χ3n) is 3.10. The summed E-state index contributed by atoms with van der Waals surface area (Å²) in [5.74, 6) is 0.106. The van der Waals surface area contributed by atoms with Crippen LogP contribution >= 0.6 is 0 Å². The summed E-state index contributed by atoms with van der Waals surface area (Å²) in [6.45, 7) is 7.95. The van der Waals surface area contributed by atoms with E-state index in [2.05, 4.69) is 22.8 Å². The maximum Gasteiger partial charge on any atom is 0.224 e. The third-order valence-corrected chi connectivity index (χ3v) is 3.10. The topological polar surface area (TPSA) is 41.1 Å². The summed E-state index contributed by atoms with van der Waals surface area (Å²) < 4.78 is 0. The average Bonchev–Trinajstić information content (AvgIpc) is 2.27. The number of carbonyl (C=O) groups excluding carboxylic acids is 1. The monoisotopic (exact) mass is 246 g/mol. The molecule has 1 aromatic rings. The molecule has 98 valence electrons. The summed E-state index contributed by atoms with van der Waals surface area (Å²) in [5.41, 5.74) is 3.71. The molecule has 2 N–H and O–H groups in total. The number of hydrogen-bond donors (Lipinski definition) is 2. The molecule has 18 heavy (non-hydrogen) atoms. The molecular formula is C15H22N2O. The van der Waals surface area contributed by atoms with Crippen molar-refractivity contribution in [1.82, 2.24) is 10.6 Å². The molecular weight excluding hydrogens is 224 g/mol. The van der Waals surface area contributed by atoms with Crippen LogP contribution in [0.2, 0.25) is 0 Å². The van der Waals surface area contributed by atoms with Gasteiger partial charge in [0.2, 0.25) is 5.91 Å². The molecule has 0 aliphatic carbocycles. The van der Waals surface area contributed by atoms with Gasteiger partial charge in [-0.2, -0.15) is 0 Å². The van der Waals surface area contributed by atoms with Crippen LogP contribution in [0.5, 0.6) is 0 Å². The summed E-state index contributed by atoms with van der Waals surface area (Å²) in [5, 5.41) is 6.38. The summed E-state index contributed by atoms with van der Waals surface area (Å²) in [7, 11) is 0. The highest BCUT2D eigenvalue weighted by Crippen LogP contribution is 2.19. The number of nitrogens with one attached hydrogen (secondary N) is 2. The zero-order chi connectivity index (χ0) is 13.2. The minimum absolute atomic E-state index is 0.106. The first-order valence-corrected chi connectivity index (χ1v) is 6.57. The molecule has 1 aliphatic rings. The maximum atomic E-state index is 12.0. The van der Waals surface area contributed by atoms with Crippen LogP contribution in [0.25, 0.3) is 0 Å². The Morgan fingerprint density at radius 3 is 2.89 bits per heavy atom. The van der Waals surface area contributed by atoms with Crippen LogP contribution < -0.4 is 10.6 Å². The van der Waals surface area contributed by atoms with Crippen LogP contribution in [0.15, 0.2) is 18.2 Å². The Labute approximate surface area is 109 Å². The summed E-state index contributed by atoms with van der Waals surface area (Å²) in [4.78, 5) is 12.0. The first-order valence-electron chi connectivity index (χ1n) is 6.57. The highest BCUT2D eigenvalue weighted by Gasteiger charge is 2.17. The molecule has 0 bridgehead atoms. The van der Waals surface area contributed by atoms with E-state index in [0.29, 0.717) is 6.42 Å². The fourth-order valence-corrected chi connectivity index (χ4v) is 2.41. The van der Waals surface area contributed by atoms with Crippen molar-refractivity contribution < 1.29 is 4.79 Å². The molecule has 1 aliphatic heterocycles. The van der Waals surface area contributed by atoms with Gasteiger partial charge in [0.25, 0.3) is 0 Å². The van der Waals surface area contributed by atoms with E-state index in [1.54, 1.807) is 0 Å². The molecule has 0 saturated carbocycles. The molecule has 3 nitrogen and oxygen atoms in total. The lowest BCUT2D eigenvalue weighted by molar-refractivity contribution is -0.121. The molecule has 0 fully saturated rings. The molecule has 1 aromatic carbocycles. The number of benzene rings is 1. The van der Waals surface area contributed by atoms with Gasteiger partial charge in [0, 0.05) is 12.1 Å². The van der Waals surface area contributed by atoms with Crippen molar-refractivity contribution in [3.05, 3.63) is 34.9 Å². The van der Waals surface area contributed by atoms with Crippen molar-refractivity contribution >= 4 is 5.91 Å². The lowest BCUT2D eigenvalue weighted by Crippen LogP contribution is -2.41. The number of amides is 1. The van der Waals surface area contributed by atoms with Gasteiger partial charge in [-0.25, -0.2) is 0 Å². The Balaban J connectivity index is 2.12. The molecule has 2 rings (SSSR count). The number of rotatable bonds is 2. The van der Waals surface area contributed by atoms with Crippen LogP contribution in [0, 0.1) is 0 Å². The fraction of sp³-hybridized carbons (Fsp3) is 0.533. The van der Waals surface area contributed by atoms with Crippen LogP contribution in [-0.4, -0.2) is 18.0 Å². The van der Waals surface area contributed by atoms with Crippen LogP contribution in [0.3, 0.4) is 0 Å². The Kier molecular flexibility index (Phi) is 3.71. The molecule has 0 unspecified atom stereocenters. The summed E-state index contributed by atoms with van der Waals surface area (Å²) in [6, 6.07) is 6.27. The molecule has 1 heterocycles. The molecule has 3 heteroatoms. The lowest BCUT2D eigenvalue weighted by Gasteiger charge is -2.23. The number of hydrogen-bond acceptors (Lipinski definition) is 2. The van der Waals surface area contributed by atoms with E-state index in [9.17, 15) is 4.79 Å². The zero-order valence-electron chi connectivity index (χ0n) is 11.5. The Hall–Kier alpha value is -1.35. The van der Waals surface area contributed by atoms with Gasteiger partial charge in [0.1, 0.15) is 0 Å². The van der Waals surface area contributed by atoms with Gasteiger partial charge < -0.3 is 10.6 Å².